The van der Waals surface area contributed by atoms with Crippen LogP contribution in [0, 0.1) is 12.3 Å². The van der Waals surface area contributed by atoms with Crippen LogP contribution in [-0.4, -0.2) is 57.8 Å². The second-order valence-corrected chi connectivity index (χ2v) is 7.98. The van der Waals surface area contributed by atoms with E-state index in [0.717, 1.165) is 44.3 Å². The molecule has 4 heterocycles. The summed E-state index contributed by atoms with van der Waals surface area (Å²) in [5.74, 6) is 0.753. The van der Waals surface area contributed by atoms with E-state index in [2.05, 4.69) is 9.97 Å². The zero-order valence-corrected chi connectivity index (χ0v) is 16.3. The number of piperidine rings is 2. The Balaban J connectivity index is 1.36. The normalized spacial score (nSPS) is 19.2. The number of carbonyl (C=O) groups is 2. The molecule has 2 saturated heterocycles. The molecule has 2 aromatic rings. The summed E-state index contributed by atoms with van der Waals surface area (Å²) < 4.78 is 5.17. The Kier molecular flexibility index (Phi) is 5.15. The monoisotopic (exact) mass is 382 g/mol. The van der Waals surface area contributed by atoms with Crippen LogP contribution in [0.25, 0.3) is 0 Å². The van der Waals surface area contributed by atoms with E-state index in [1.165, 1.54) is 6.39 Å². The highest BCUT2D eigenvalue weighted by Gasteiger charge is 2.42. The number of aryl methyl sites for hydroxylation is 1. The minimum absolute atomic E-state index is 0.0542. The number of aromatic nitrogens is 2. The molecule has 2 aliphatic heterocycles. The lowest BCUT2D eigenvalue weighted by Crippen LogP contribution is -2.52. The minimum Gasteiger partial charge on any atom is -0.448 e. The Bertz CT molecular complexity index is 840. The van der Waals surface area contributed by atoms with Gasteiger partial charge in [-0.15, -0.1) is 0 Å². The number of likely N-dealkylation sites (tertiary alicyclic amines) is 2. The largest absolute Gasteiger partial charge is 0.448 e. The Morgan fingerprint density at radius 2 is 2.11 bits per heavy atom. The van der Waals surface area contributed by atoms with Gasteiger partial charge in [0.25, 0.3) is 5.91 Å². The predicted molar refractivity (Wildman–Crippen MR) is 103 cm³/mol. The summed E-state index contributed by atoms with van der Waals surface area (Å²) in [6, 6.07) is 3.98. The van der Waals surface area contributed by atoms with E-state index in [9.17, 15) is 9.59 Å². The van der Waals surface area contributed by atoms with Gasteiger partial charge in [0.1, 0.15) is 5.76 Å². The van der Waals surface area contributed by atoms with Crippen LogP contribution < -0.4 is 0 Å². The molecule has 0 bridgehead atoms. The van der Waals surface area contributed by atoms with Gasteiger partial charge < -0.3 is 14.2 Å². The predicted octanol–water partition coefficient (Wildman–Crippen LogP) is 2.47. The topological polar surface area (TPSA) is 79.5 Å². The summed E-state index contributed by atoms with van der Waals surface area (Å²) in [5.41, 5.74) is 1.68. The van der Waals surface area contributed by atoms with Gasteiger partial charge in [-0.25, -0.2) is 4.98 Å². The van der Waals surface area contributed by atoms with Crippen molar-refractivity contribution in [2.45, 2.75) is 39.0 Å². The number of carbonyl (C=O) groups excluding carboxylic acids is 2. The molecule has 0 atom stereocenters. The molecule has 0 N–H and O–H groups in total. The molecule has 0 aromatic carbocycles. The molecule has 1 spiro atoms. The van der Waals surface area contributed by atoms with Crippen molar-refractivity contribution in [1.29, 1.82) is 0 Å². The van der Waals surface area contributed by atoms with Gasteiger partial charge in [0.2, 0.25) is 5.91 Å². The van der Waals surface area contributed by atoms with E-state index in [-0.39, 0.29) is 17.2 Å². The van der Waals surface area contributed by atoms with Crippen molar-refractivity contribution in [3.05, 3.63) is 47.9 Å². The molecule has 148 valence electrons. The quantitative estimate of drug-likeness (QED) is 0.812. The molecule has 2 fully saturated rings. The van der Waals surface area contributed by atoms with Gasteiger partial charge in [-0.3, -0.25) is 14.6 Å². The van der Waals surface area contributed by atoms with Gasteiger partial charge in [0.15, 0.2) is 12.1 Å². The standard InChI is InChI=1S/C21H26N4O3/c1-16-19(23-15-28-16)20(27)24-11-7-21(8-12-24)6-4-18(26)25(14-21)10-5-17-3-2-9-22-13-17/h2-3,9,13,15H,4-8,10-12,14H2,1H3. The van der Waals surface area contributed by atoms with Crippen LogP contribution in [0.2, 0.25) is 0 Å². The van der Waals surface area contributed by atoms with Gasteiger partial charge in [-0.2, -0.15) is 0 Å². The third-order valence-corrected chi connectivity index (χ3v) is 6.20. The first kappa shape index (κ1) is 18.7. The number of pyridine rings is 1. The molecule has 0 unspecified atom stereocenters. The van der Waals surface area contributed by atoms with Gasteiger partial charge in [-0.05, 0) is 49.7 Å². The summed E-state index contributed by atoms with van der Waals surface area (Å²) >= 11 is 0. The minimum atomic E-state index is -0.0542. The molecule has 2 amide bonds. The molecular weight excluding hydrogens is 356 g/mol. The summed E-state index contributed by atoms with van der Waals surface area (Å²) in [4.78, 5) is 37.2. The SMILES string of the molecule is Cc1ocnc1C(=O)N1CCC2(CCC(=O)N(CCc3cccnc3)C2)CC1. The van der Waals surface area contributed by atoms with Crippen molar-refractivity contribution in [3.8, 4) is 0 Å². The van der Waals surface area contributed by atoms with Crippen molar-refractivity contribution in [3.63, 3.8) is 0 Å². The van der Waals surface area contributed by atoms with E-state index in [4.69, 9.17) is 4.42 Å². The zero-order chi connectivity index (χ0) is 19.6. The molecule has 7 heteroatoms. The third kappa shape index (κ3) is 3.79. The molecule has 4 rings (SSSR count). The first-order valence-corrected chi connectivity index (χ1v) is 9.92. The summed E-state index contributed by atoms with van der Waals surface area (Å²) in [5, 5.41) is 0. The Morgan fingerprint density at radius 3 is 2.79 bits per heavy atom. The Labute approximate surface area is 164 Å². The van der Waals surface area contributed by atoms with Crippen LogP contribution in [0.4, 0.5) is 0 Å². The first-order valence-electron chi connectivity index (χ1n) is 9.92. The Hall–Kier alpha value is -2.70. The van der Waals surface area contributed by atoms with Crippen molar-refractivity contribution in [2.24, 2.45) is 5.41 Å². The van der Waals surface area contributed by atoms with Crippen molar-refractivity contribution in [1.82, 2.24) is 19.8 Å². The van der Waals surface area contributed by atoms with Gasteiger partial charge in [-0.1, -0.05) is 6.07 Å². The molecule has 2 aromatic heterocycles. The maximum atomic E-state index is 12.7. The number of hydrogen-bond acceptors (Lipinski definition) is 5. The number of nitrogens with zero attached hydrogens (tertiary/aromatic N) is 4. The highest BCUT2D eigenvalue weighted by atomic mass is 16.3. The van der Waals surface area contributed by atoms with Crippen LogP contribution >= 0.6 is 0 Å². The molecule has 2 aliphatic rings. The molecule has 7 nitrogen and oxygen atoms in total. The third-order valence-electron chi connectivity index (χ3n) is 6.20. The second-order valence-electron chi connectivity index (χ2n) is 7.98. The molecule has 0 radical (unpaired) electrons. The van der Waals surface area contributed by atoms with E-state index in [1.807, 2.05) is 28.1 Å². The van der Waals surface area contributed by atoms with Crippen molar-refractivity contribution >= 4 is 11.8 Å². The van der Waals surface area contributed by atoms with E-state index < -0.39 is 0 Å². The van der Waals surface area contributed by atoms with Gasteiger partial charge >= 0.3 is 0 Å². The van der Waals surface area contributed by atoms with Gasteiger partial charge in [0.05, 0.1) is 0 Å². The lowest BCUT2D eigenvalue weighted by atomic mass is 9.72. The maximum absolute atomic E-state index is 12.7. The lowest BCUT2D eigenvalue weighted by molar-refractivity contribution is -0.138. The zero-order valence-electron chi connectivity index (χ0n) is 16.3. The summed E-state index contributed by atoms with van der Waals surface area (Å²) in [7, 11) is 0. The molecular formula is C21H26N4O3. The first-order chi connectivity index (χ1) is 13.6. The number of amides is 2. The van der Waals surface area contributed by atoms with Crippen LogP contribution in [0.15, 0.2) is 35.3 Å². The molecule has 0 saturated carbocycles. The average Bonchev–Trinajstić information content (AvgIpc) is 3.16. The van der Waals surface area contributed by atoms with Crippen LogP contribution in [0.1, 0.15) is 47.5 Å². The number of oxazole rings is 1. The number of rotatable bonds is 4. The second kappa shape index (κ2) is 7.73. The molecule has 28 heavy (non-hydrogen) atoms. The highest BCUT2D eigenvalue weighted by molar-refractivity contribution is 5.93. The fourth-order valence-corrected chi connectivity index (χ4v) is 4.37. The fraction of sp³-hybridized carbons (Fsp3) is 0.524. The van der Waals surface area contributed by atoms with Crippen molar-refractivity contribution < 1.29 is 14.0 Å². The van der Waals surface area contributed by atoms with Crippen LogP contribution in [-0.2, 0) is 11.2 Å². The fourth-order valence-electron chi connectivity index (χ4n) is 4.37. The van der Waals surface area contributed by atoms with E-state index in [0.29, 0.717) is 31.0 Å². The van der Waals surface area contributed by atoms with Crippen molar-refractivity contribution in [2.75, 3.05) is 26.2 Å². The summed E-state index contributed by atoms with van der Waals surface area (Å²) in [6.07, 6.45) is 9.13. The Morgan fingerprint density at radius 1 is 1.29 bits per heavy atom. The smallest absolute Gasteiger partial charge is 0.276 e. The van der Waals surface area contributed by atoms with E-state index >= 15 is 0 Å². The van der Waals surface area contributed by atoms with Gasteiger partial charge in [0, 0.05) is 45.0 Å². The van der Waals surface area contributed by atoms with Crippen LogP contribution in [0.3, 0.4) is 0 Å². The maximum Gasteiger partial charge on any atom is 0.276 e. The summed E-state index contributed by atoms with van der Waals surface area (Å²) in [6.45, 7) is 4.69. The number of hydrogen-bond donors (Lipinski definition) is 0. The van der Waals surface area contributed by atoms with E-state index in [1.54, 1.807) is 13.1 Å². The average molecular weight is 382 g/mol. The molecule has 0 aliphatic carbocycles. The highest BCUT2D eigenvalue weighted by Crippen LogP contribution is 2.40. The van der Waals surface area contributed by atoms with Crippen LogP contribution in [0.5, 0.6) is 0 Å². The lowest BCUT2D eigenvalue weighted by Gasteiger charge is -2.47.